The molecule has 0 spiro atoms. The highest BCUT2D eigenvalue weighted by Gasteiger charge is 2.16. The van der Waals surface area contributed by atoms with Crippen LogP contribution in [0.15, 0.2) is 29.2 Å². The topological polar surface area (TPSA) is 38.1 Å². The minimum Gasteiger partial charge on any atom is -0.370 e. The Labute approximate surface area is 119 Å². The van der Waals surface area contributed by atoms with E-state index in [2.05, 4.69) is 29.6 Å². The number of nitrogens with zero attached hydrogens (tertiary/aromatic N) is 3. The Kier molecular flexibility index (Phi) is 5.07. The molecule has 19 heavy (non-hydrogen) atoms. The number of anilines is 1. The zero-order valence-corrected chi connectivity index (χ0v) is 12.2. The molecular weight excluding hydrogens is 258 g/mol. The molecule has 0 N–H and O–H groups in total. The van der Waals surface area contributed by atoms with Gasteiger partial charge in [-0.05, 0) is 18.8 Å². The van der Waals surface area contributed by atoms with Gasteiger partial charge in [-0.2, -0.15) is 17.7 Å². The summed E-state index contributed by atoms with van der Waals surface area (Å²) >= 11 is 4.08. The van der Waals surface area contributed by atoms with Gasteiger partial charge >= 0.3 is 0 Å². The molecule has 0 unspecified atom stereocenters. The molecule has 1 aromatic rings. The lowest BCUT2D eigenvalue weighted by atomic mass is 9.99. The maximum absolute atomic E-state index is 12.0. The predicted octanol–water partition coefficient (Wildman–Crippen LogP) is 1.97. The summed E-state index contributed by atoms with van der Waals surface area (Å²) in [5.74, 6) is 1.47. The largest absolute Gasteiger partial charge is 0.370 e. The van der Waals surface area contributed by atoms with Crippen molar-refractivity contribution in [3.63, 3.8) is 0 Å². The molecule has 0 aromatic carbocycles. The highest BCUT2D eigenvalue weighted by molar-refractivity contribution is 7.80. The molecule has 1 fully saturated rings. The van der Waals surface area contributed by atoms with Gasteiger partial charge in [0.15, 0.2) is 0 Å². The molecule has 0 atom stereocenters. The molecule has 0 aliphatic carbocycles. The van der Waals surface area contributed by atoms with Crippen LogP contribution in [0.2, 0.25) is 0 Å². The van der Waals surface area contributed by atoms with Gasteiger partial charge < -0.3 is 4.90 Å². The standard InChI is InChI=1S/C14H21N3OS/c1-12-4-7-16(8-5-12)13-10-14(18)17(15-11-13)6-2-3-9-19/h2-3,10-12,19H,4-9H2,1H3/b3-2+. The van der Waals surface area contributed by atoms with Crippen LogP contribution in [0.25, 0.3) is 0 Å². The van der Waals surface area contributed by atoms with Crippen molar-refractivity contribution in [1.29, 1.82) is 0 Å². The van der Waals surface area contributed by atoms with E-state index in [9.17, 15) is 4.79 Å². The molecule has 1 aliphatic heterocycles. The van der Waals surface area contributed by atoms with Crippen LogP contribution in [0.1, 0.15) is 19.8 Å². The molecule has 0 saturated carbocycles. The van der Waals surface area contributed by atoms with Crippen molar-refractivity contribution < 1.29 is 0 Å². The van der Waals surface area contributed by atoms with Crippen molar-refractivity contribution in [3.8, 4) is 0 Å². The summed E-state index contributed by atoms with van der Waals surface area (Å²) in [6.07, 6.45) is 7.99. The Morgan fingerprint density at radius 1 is 1.42 bits per heavy atom. The SMILES string of the molecule is CC1CCN(c2cnn(C/C=C/CS)c(=O)c2)CC1. The third-order valence-corrected chi connectivity index (χ3v) is 3.77. The maximum Gasteiger partial charge on any atom is 0.269 e. The molecule has 0 amide bonds. The minimum absolute atomic E-state index is 0.0417. The Balaban J connectivity index is 2.06. The fourth-order valence-electron chi connectivity index (χ4n) is 2.25. The third kappa shape index (κ3) is 3.86. The number of aromatic nitrogens is 2. The van der Waals surface area contributed by atoms with Gasteiger partial charge in [-0.3, -0.25) is 4.79 Å². The molecule has 104 valence electrons. The van der Waals surface area contributed by atoms with Crippen LogP contribution in [-0.2, 0) is 6.54 Å². The van der Waals surface area contributed by atoms with Gasteiger partial charge in [-0.25, -0.2) is 4.68 Å². The van der Waals surface area contributed by atoms with E-state index in [1.165, 1.54) is 17.5 Å². The average Bonchev–Trinajstić information content (AvgIpc) is 2.42. The normalized spacial score (nSPS) is 17.3. The third-order valence-electron chi connectivity index (χ3n) is 3.55. The monoisotopic (exact) mass is 279 g/mol. The van der Waals surface area contributed by atoms with E-state index in [4.69, 9.17) is 0 Å². The summed E-state index contributed by atoms with van der Waals surface area (Å²) in [4.78, 5) is 14.2. The van der Waals surface area contributed by atoms with Gasteiger partial charge in [0.25, 0.3) is 5.56 Å². The second-order valence-corrected chi connectivity index (χ2v) is 5.42. The molecule has 1 aromatic heterocycles. The van der Waals surface area contributed by atoms with Gasteiger partial charge in [0, 0.05) is 24.9 Å². The smallest absolute Gasteiger partial charge is 0.269 e. The van der Waals surface area contributed by atoms with Gasteiger partial charge in [0.05, 0.1) is 18.4 Å². The molecule has 2 rings (SSSR count). The molecule has 5 heteroatoms. The summed E-state index contributed by atoms with van der Waals surface area (Å²) < 4.78 is 1.47. The lowest BCUT2D eigenvalue weighted by Gasteiger charge is -2.31. The zero-order chi connectivity index (χ0) is 13.7. The van der Waals surface area contributed by atoms with Crippen molar-refractivity contribution in [3.05, 3.63) is 34.8 Å². The first kappa shape index (κ1) is 14.2. The first-order chi connectivity index (χ1) is 9.20. The van der Waals surface area contributed by atoms with Crippen LogP contribution < -0.4 is 10.5 Å². The Bertz CT molecular complexity index is 490. The molecule has 1 saturated heterocycles. The number of rotatable bonds is 4. The van der Waals surface area contributed by atoms with Crippen LogP contribution in [0.5, 0.6) is 0 Å². The summed E-state index contributed by atoms with van der Waals surface area (Å²) in [7, 11) is 0. The Morgan fingerprint density at radius 2 is 2.16 bits per heavy atom. The van der Waals surface area contributed by atoms with Crippen molar-refractivity contribution >= 4 is 18.3 Å². The second kappa shape index (κ2) is 6.80. The lowest BCUT2D eigenvalue weighted by molar-refractivity contribution is 0.437. The van der Waals surface area contributed by atoms with Gasteiger partial charge in [0.1, 0.15) is 0 Å². The first-order valence-electron chi connectivity index (χ1n) is 6.78. The van der Waals surface area contributed by atoms with E-state index in [1.54, 1.807) is 12.3 Å². The molecule has 4 nitrogen and oxygen atoms in total. The predicted molar refractivity (Wildman–Crippen MR) is 82.1 cm³/mol. The first-order valence-corrected chi connectivity index (χ1v) is 7.42. The van der Waals surface area contributed by atoms with Crippen LogP contribution in [-0.4, -0.2) is 28.6 Å². The fourth-order valence-corrected chi connectivity index (χ4v) is 2.40. The Hall–Kier alpha value is -1.23. The number of thiol groups is 1. The van der Waals surface area contributed by atoms with Crippen molar-refractivity contribution in [1.82, 2.24) is 9.78 Å². The molecule has 0 bridgehead atoms. The quantitative estimate of drug-likeness (QED) is 0.676. The van der Waals surface area contributed by atoms with Gasteiger partial charge in [0.2, 0.25) is 0 Å². The van der Waals surface area contributed by atoms with E-state index in [0.717, 1.165) is 24.7 Å². The van der Waals surface area contributed by atoms with Crippen LogP contribution >= 0.6 is 12.6 Å². The van der Waals surface area contributed by atoms with E-state index in [0.29, 0.717) is 12.3 Å². The van der Waals surface area contributed by atoms with Crippen molar-refractivity contribution in [2.24, 2.45) is 5.92 Å². The second-order valence-electron chi connectivity index (χ2n) is 5.06. The van der Waals surface area contributed by atoms with E-state index in [1.807, 2.05) is 12.2 Å². The number of hydrogen-bond acceptors (Lipinski definition) is 4. The van der Waals surface area contributed by atoms with E-state index in [-0.39, 0.29) is 5.56 Å². The van der Waals surface area contributed by atoms with Gasteiger partial charge in [-0.1, -0.05) is 19.1 Å². The van der Waals surface area contributed by atoms with Gasteiger partial charge in [-0.15, -0.1) is 0 Å². The zero-order valence-electron chi connectivity index (χ0n) is 11.3. The highest BCUT2D eigenvalue weighted by atomic mass is 32.1. The molecule has 2 heterocycles. The van der Waals surface area contributed by atoms with E-state index >= 15 is 0 Å². The van der Waals surface area contributed by atoms with E-state index < -0.39 is 0 Å². The summed E-state index contributed by atoms with van der Waals surface area (Å²) in [5, 5.41) is 4.23. The molecule has 0 radical (unpaired) electrons. The van der Waals surface area contributed by atoms with Crippen molar-refractivity contribution in [2.75, 3.05) is 23.7 Å². The number of allylic oxidation sites excluding steroid dienone is 1. The minimum atomic E-state index is -0.0417. The number of hydrogen-bond donors (Lipinski definition) is 1. The van der Waals surface area contributed by atoms with Crippen LogP contribution in [0.3, 0.4) is 0 Å². The summed E-state index contributed by atoms with van der Waals surface area (Å²) in [6, 6.07) is 1.69. The average molecular weight is 279 g/mol. The highest BCUT2D eigenvalue weighted by Crippen LogP contribution is 2.20. The molecule has 1 aliphatic rings. The fraction of sp³-hybridized carbons (Fsp3) is 0.571. The Morgan fingerprint density at radius 3 is 2.79 bits per heavy atom. The lowest BCUT2D eigenvalue weighted by Crippen LogP contribution is -2.34. The van der Waals surface area contributed by atoms with Crippen LogP contribution in [0, 0.1) is 5.92 Å². The maximum atomic E-state index is 12.0. The molecular formula is C14H21N3OS. The number of piperidine rings is 1. The van der Waals surface area contributed by atoms with Crippen molar-refractivity contribution in [2.45, 2.75) is 26.3 Å². The van der Waals surface area contributed by atoms with Crippen LogP contribution in [0.4, 0.5) is 5.69 Å². The summed E-state index contributed by atoms with van der Waals surface area (Å²) in [5.41, 5.74) is 0.909. The summed E-state index contributed by atoms with van der Waals surface area (Å²) in [6.45, 7) is 4.83.